The fourth-order valence-corrected chi connectivity index (χ4v) is 2.47. The summed E-state index contributed by atoms with van der Waals surface area (Å²) < 4.78 is -1.33. The Morgan fingerprint density at radius 3 is 2.71 bits per heavy atom. The second kappa shape index (κ2) is 4.11. The van der Waals surface area contributed by atoms with E-state index >= 15 is 0 Å². The molecule has 3 nitrogen and oxygen atoms in total. The molecule has 14 heavy (non-hydrogen) atoms. The zero-order valence-corrected chi connectivity index (χ0v) is 9.19. The number of hydrogen-bond donors (Lipinski definition) is 2. The third-order valence-corrected chi connectivity index (χ3v) is 3.43. The molecule has 1 aromatic rings. The van der Waals surface area contributed by atoms with Gasteiger partial charge in [-0.05, 0) is 12.1 Å². The molecule has 1 aromatic carbocycles. The molecule has 1 aliphatic heterocycles. The molecule has 1 unspecified atom stereocenters. The van der Waals surface area contributed by atoms with Crippen LogP contribution < -0.4 is 29.3 Å². The molecular weight excluding hydrogens is 213 g/mol. The molecule has 6 heteroatoms. The van der Waals surface area contributed by atoms with Gasteiger partial charge in [-0.25, -0.2) is 0 Å². The second-order valence-corrected chi connectivity index (χ2v) is 4.88. The molecule has 1 N–H and O–H groups in total. The maximum Gasteiger partial charge on any atom is 1.00 e. The number of nitrogens with one attached hydrogen (secondary N) is 1. The Bertz CT molecular complexity index is 347. The minimum absolute atomic E-state index is 0. The standard InChI is InChI=1S/C8H7NO2S2.Li/c10-7(11)8(12)9-5-3-1-2-4-6(5)13-8;/h1-4,9,12H,(H,10,11);/q;+1/p-1. The summed E-state index contributed by atoms with van der Waals surface area (Å²) in [5.74, 6) is -1.22. The Labute approximate surface area is 103 Å². The van der Waals surface area contributed by atoms with E-state index < -0.39 is 10.2 Å². The quantitative estimate of drug-likeness (QED) is 0.406. The average molecular weight is 219 g/mol. The van der Waals surface area contributed by atoms with Crippen molar-refractivity contribution in [3.8, 4) is 0 Å². The first kappa shape index (κ1) is 11.9. The van der Waals surface area contributed by atoms with Crippen molar-refractivity contribution in [2.45, 2.75) is 9.10 Å². The van der Waals surface area contributed by atoms with Gasteiger partial charge in [0.05, 0.1) is 5.97 Å². The molecule has 1 heterocycles. The third kappa shape index (κ3) is 1.91. The predicted molar refractivity (Wildman–Crippen MR) is 52.6 cm³/mol. The fraction of sp³-hybridized carbons (Fsp3) is 0.125. The van der Waals surface area contributed by atoms with Gasteiger partial charge < -0.3 is 15.2 Å². The number of thioether (sulfide) groups is 1. The van der Waals surface area contributed by atoms with Crippen LogP contribution in [0.15, 0.2) is 29.2 Å². The zero-order chi connectivity index (χ0) is 9.47. The Balaban J connectivity index is 0.000000980. The number of carbonyl (C=O) groups is 1. The summed E-state index contributed by atoms with van der Waals surface area (Å²) in [5.41, 5.74) is 0.784. The molecule has 0 radical (unpaired) electrons. The summed E-state index contributed by atoms with van der Waals surface area (Å²) in [7, 11) is 0. The number of fused-ring (bicyclic) bond motifs is 1. The van der Waals surface area contributed by atoms with Gasteiger partial charge in [0.15, 0.2) is 4.20 Å². The van der Waals surface area contributed by atoms with E-state index in [-0.39, 0.29) is 18.9 Å². The van der Waals surface area contributed by atoms with E-state index in [0.29, 0.717) is 0 Å². The van der Waals surface area contributed by atoms with Gasteiger partial charge in [0.1, 0.15) is 0 Å². The van der Waals surface area contributed by atoms with Crippen LogP contribution in [-0.4, -0.2) is 10.2 Å². The minimum Gasteiger partial charge on any atom is -0.546 e. The first-order valence-corrected chi connectivity index (χ1v) is 4.88. The van der Waals surface area contributed by atoms with Crippen LogP contribution in [0, 0.1) is 0 Å². The average Bonchev–Trinajstić information content (AvgIpc) is 2.42. The molecule has 0 bridgehead atoms. The van der Waals surface area contributed by atoms with Gasteiger partial charge in [-0.2, -0.15) is 0 Å². The van der Waals surface area contributed by atoms with Crippen LogP contribution in [0.25, 0.3) is 0 Å². The second-order valence-electron chi connectivity index (χ2n) is 2.65. The van der Waals surface area contributed by atoms with Gasteiger partial charge >= 0.3 is 18.9 Å². The van der Waals surface area contributed by atoms with Crippen LogP contribution in [0.4, 0.5) is 5.69 Å². The van der Waals surface area contributed by atoms with Crippen LogP contribution in [0.2, 0.25) is 0 Å². The summed E-state index contributed by atoms with van der Waals surface area (Å²) in [6.07, 6.45) is 0. The smallest absolute Gasteiger partial charge is 0.546 e. The number of carbonyl (C=O) groups excluding carboxylic acids is 1. The number of anilines is 1. The monoisotopic (exact) mass is 219 g/mol. The summed E-state index contributed by atoms with van der Waals surface area (Å²) >= 11 is 5.15. The molecule has 1 aliphatic rings. The number of para-hydroxylation sites is 1. The SMILES string of the molecule is O=C([O-])C1(S)Nc2ccccc2S1.[Li+]. The maximum atomic E-state index is 10.7. The topological polar surface area (TPSA) is 52.2 Å². The van der Waals surface area contributed by atoms with E-state index in [9.17, 15) is 9.90 Å². The van der Waals surface area contributed by atoms with Crippen molar-refractivity contribution in [3.05, 3.63) is 24.3 Å². The van der Waals surface area contributed by atoms with E-state index in [1.54, 1.807) is 0 Å². The maximum absolute atomic E-state index is 10.7. The number of hydrogen-bond acceptors (Lipinski definition) is 5. The first-order valence-electron chi connectivity index (χ1n) is 3.62. The van der Waals surface area contributed by atoms with Crippen LogP contribution in [0.1, 0.15) is 0 Å². The molecule has 68 valence electrons. The number of rotatable bonds is 1. The molecule has 0 saturated carbocycles. The van der Waals surface area contributed by atoms with Gasteiger partial charge in [-0.1, -0.05) is 23.9 Å². The van der Waals surface area contributed by atoms with Crippen molar-refractivity contribution in [3.63, 3.8) is 0 Å². The molecule has 2 rings (SSSR count). The van der Waals surface area contributed by atoms with Crippen molar-refractivity contribution >= 4 is 36.0 Å². The molecule has 0 aromatic heterocycles. The van der Waals surface area contributed by atoms with Gasteiger partial charge in [0, 0.05) is 10.6 Å². The molecule has 0 fully saturated rings. The zero-order valence-electron chi connectivity index (χ0n) is 7.48. The van der Waals surface area contributed by atoms with Crippen LogP contribution in [-0.2, 0) is 4.79 Å². The van der Waals surface area contributed by atoms with Crippen molar-refractivity contribution in [2.75, 3.05) is 5.32 Å². The Kier molecular flexibility index (Phi) is 3.48. The first-order chi connectivity index (χ1) is 6.12. The number of thiol groups is 1. The van der Waals surface area contributed by atoms with Crippen LogP contribution in [0.5, 0.6) is 0 Å². The van der Waals surface area contributed by atoms with Gasteiger partial charge in [-0.15, -0.1) is 12.6 Å². The van der Waals surface area contributed by atoms with E-state index in [1.165, 1.54) is 0 Å². The molecule has 0 aliphatic carbocycles. The molecular formula is C8H6LiNO2S2. The Morgan fingerprint density at radius 1 is 1.50 bits per heavy atom. The van der Waals surface area contributed by atoms with Crippen molar-refractivity contribution < 1.29 is 28.8 Å². The van der Waals surface area contributed by atoms with Gasteiger partial charge in [0.25, 0.3) is 0 Å². The van der Waals surface area contributed by atoms with Crippen LogP contribution in [0.3, 0.4) is 0 Å². The Morgan fingerprint density at radius 2 is 2.14 bits per heavy atom. The molecule has 0 spiro atoms. The third-order valence-electron chi connectivity index (χ3n) is 1.73. The number of carboxylic acids is 1. The molecule has 0 amide bonds. The molecule has 0 saturated heterocycles. The fourth-order valence-electron chi connectivity index (χ4n) is 1.12. The van der Waals surface area contributed by atoms with Crippen molar-refractivity contribution in [2.24, 2.45) is 0 Å². The molecule has 1 atom stereocenters. The minimum atomic E-state index is -1.33. The normalized spacial score (nSPS) is 23.2. The van der Waals surface area contributed by atoms with Crippen molar-refractivity contribution in [1.29, 1.82) is 0 Å². The van der Waals surface area contributed by atoms with Crippen molar-refractivity contribution in [1.82, 2.24) is 0 Å². The number of carboxylic acid groups (broad SMARTS) is 1. The summed E-state index contributed by atoms with van der Waals surface area (Å²) in [5, 5.41) is 13.5. The van der Waals surface area contributed by atoms with E-state index in [1.807, 2.05) is 24.3 Å². The van der Waals surface area contributed by atoms with Gasteiger partial charge in [-0.3, -0.25) is 0 Å². The van der Waals surface area contributed by atoms with Gasteiger partial charge in [0.2, 0.25) is 0 Å². The summed E-state index contributed by atoms with van der Waals surface area (Å²) in [6.45, 7) is 0. The number of aliphatic carboxylic acids is 1. The van der Waals surface area contributed by atoms with E-state index in [2.05, 4.69) is 17.9 Å². The number of benzene rings is 1. The van der Waals surface area contributed by atoms with Crippen LogP contribution >= 0.6 is 24.4 Å². The predicted octanol–water partition coefficient (Wildman–Crippen LogP) is -2.46. The Hall–Kier alpha value is -0.213. The van der Waals surface area contributed by atoms with E-state index in [4.69, 9.17) is 0 Å². The van der Waals surface area contributed by atoms with E-state index in [0.717, 1.165) is 22.3 Å². The summed E-state index contributed by atoms with van der Waals surface area (Å²) in [6, 6.07) is 7.33. The largest absolute Gasteiger partial charge is 1.00 e. The summed E-state index contributed by atoms with van der Waals surface area (Å²) in [4.78, 5) is 11.6.